The van der Waals surface area contributed by atoms with E-state index in [-0.39, 0.29) is 0 Å². The van der Waals surface area contributed by atoms with Gasteiger partial charge in [0, 0.05) is 0 Å². The maximum Gasteiger partial charge on any atom is 0.0542 e. The summed E-state index contributed by atoms with van der Waals surface area (Å²) >= 11 is 10.6. The number of halogens is 1. The van der Waals surface area contributed by atoms with Crippen molar-refractivity contribution in [3.63, 3.8) is 0 Å². The first kappa shape index (κ1) is 7.27. The molecule has 0 amide bonds. The first-order chi connectivity index (χ1) is 4.30. The van der Waals surface area contributed by atoms with Crippen molar-refractivity contribution in [1.29, 1.82) is 0 Å². The molecule has 1 unspecified atom stereocenters. The van der Waals surface area contributed by atoms with Crippen LogP contribution in [0.25, 0.3) is 0 Å². The van der Waals surface area contributed by atoms with Gasteiger partial charge in [-0.2, -0.15) is 0 Å². The molecule has 0 nitrogen and oxygen atoms in total. The predicted molar refractivity (Wildman–Crippen MR) is 47.6 cm³/mol. The predicted octanol–water partition coefficient (Wildman–Crippen LogP) is 2.14. The Morgan fingerprint density at radius 1 is 1.22 bits per heavy atom. The zero-order chi connectivity index (χ0) is 6.69. The number of benzene rings is 1. The van der Waals surface area contributed by atoms with Crippen LogP contribution in [-0.2, 0) is 11.8 Å². The fourth-order valence-corrected chi connectivity index (χ4v) is 1.81. The molecule has 1 aromatic rings. The van der Waals surface area contributed by atoms with E-state index in [2.05, 4.69) is 0 Å². The standard InChI is InChI=1S/C6H6ClPS/c7-8(9)6-4-2-1-3-5-6/h1-5,8H. The second kappa shape index (κ2) is 3.36. The van der Waals surface area contributed by atoms with Gasteiger partial charge in [-0.05, 0) is 5.30 Å². The highest BCUT2D eigenvalue weighted by molar-refractivity contribution is 8.20. The molecule has 0 bridgehead atoms. The summed E-state index contributed by atoms with van der Waals surface area (Å²) in [6, 6.07) is 8.64. The largest absolute Gasteiger partial charge is 0.0840 e. The molecule has 0 saturated carbocycles. The average Bonchev–Trinajstić information content (AvgIpc) is 1.90. The first-order valence-corrected chi connectivity index (χ1v) is 6.20. The Hall–Kier alpha value is 0.160. The molecule has 1 aromatic carbocycles. The Labute approximate surface area is 65.1 Å². The van der Waals surface area contributed by atoms with Gasteiger partial charge in [0.2, 0.25) is 0 Å². The Bertz CT molecular complexity index is 210. The van der Waals surface area contributed by atoms with E-state index in [0.717, 1.165) is 5.30 Å². The van der Waals surface area contributed by atoms with Crippen molar-refractivity contribution in [2.45, 2.75) is 0 Å². The molecule has 0 aliphatic heterocycles. The Kier molecular flexibility index (Phi) is 2.71. The van der Waals surface area contributed by atoms with Gasteiger partial charge in [0.05, 0.1) is 6.05 Å². The van der Waals surface area contributed by atoms with Gasteiger partial charge < -0.3 is 0 Å². The van der Waals surface area contributed by atoms with Crippen molar-refractivity contribution in [2.24, 2.45) is 0 Å². The summed E-state index contributed by atoms with van der Waals surface area (Å²) in [4.78, 5) is 0. The second-order valence-electron chi connectivity index (χ2n) is 1.64. The van der Waals surface area contributed by atoms with E-state index < -0.39 is 6.05 Å². The zero-order valence-electron chi connectivity index (χ0n) is 4.67. The van der Waals surface area contributed by atoms with Crippen LogP contribution in [0.1, 0.15) is 0 Å². The Balaban J connectivity index is 2.98. The fourth-order valence-electron chi connectivity index (χ4n) is 0.569. The van der Waals surface area contributed by atoms with Crippen molar-refractivity contribution >= 4 is 34.4 Å². The lowest BCUT2D eigenvalue weighted by molar-refractivity contribution is 1.78. The summed E-state index contributed by atoms with van der Waals surface area (Å²) in [5, 5.41) is 1.10. The molecule has 0 aliphatic carbocycles. The van der Waals surface area contributed by atoms with Crippen molar-refractivity contribution in [3.05, 3.63) is 30.3 Å². The quantitative estimate of drug-likeness (QED) is 0.591. The van der Waals surface area contributed by atoms with Crippen LogP contribution < -0.4 is 5.30 Å². The molecule has 0 fully saturated rings. The van der Waals surface area contributed by atoms with E-state index in [1.165, 1.54) is 0 Å². The molecule has 0 radical (unpaired) electrons. The summed E-state index contributed by atoms with van der Waals surface area (Å²) < 4.78 is 0. The molecule has 3 heteroatoms. The topological polar surface area (TPSA) is 0 Å². The third-order valence-electron chi connectivity index (χ3n) is 1.00. The molecule has 0 aliphatic rings. The van der Waals surface area contributed by atoms with E-state index >= 15 is 0 Å². The highest BCUT2D eigenvalue weighted by atomic mass is 35.7. The molecule has 1 rings (SSSR count). The molecule has 0 N–H and O–H groups in total. The van der Waals surface area contributed by atoms with Gasteiger partial charge in [-0.25, -0.2) is 0 Å². The van der Waals surface area contributed by atoms with E-state index in [1.54, 1.807) is 0 Å². The minimum absolute atomic E-state index is 1.10. The fraction of sp³-hybridized carbons (Fsp3) is 0. The molecule has 1 atom stereocenters. The van der Waals surface area contributed by atoms with Gasteiger partial charge in [0.15, 0.2) is 0 Å². The molecular weight excluding hydrogens is 171 g/mol. The molecular formula is C6H6ClPS. The first-order valence-electron chi connectivity index (χ1n) is 2.55. The number of rotatable bonds is 1. The van der Waals surface area contributed by atoms with Crippen LogP contribution in [0, 0.1) is 0 Å². The van der Waals surface area contributed by atoms with Crippen LogP contribution in [0.15, 0.2) is 30.3 Å². The zero-order valence-corrected chi connectivity index (χ0v) is 7.25. The summed E-state index contributed by atoms with van der Waals surface area (Å²) in [5.74, 6) is 0. The lowest BCUT2D eigenvalue weighted by Crippen LogP contribution is -1.88. The normalized spacial score (nSPS) is 13.0. The SMILES string of the molecule is S=[PH](Cl)c1ccccc1. The molecule has 0 spiro atoms. The maximum atomic E-state index is 5.72. The molecule has 9 heavy (non-hydrogen) atoms. The summed E-state index contributed by atoms with van der Waals surface area (Å²) in [6.07, 6.45) is 0. The van der Waals surface area contributed by atoms with Gasteiger partial charge in [-0.15, -0.1) is 0 Å². The van der Waals surface area contributed by atoms with Gasteiger partial charge in [-0.3, -0.25) is 0 Å². The maximum absolute atomic E-state index is 5.72. The lowest BCUT2D eigenvalue weighted by atomic mass is 10.4. The lowest BCUT2D eigenvalue weighted by Gasteiger charge is -1.91. The van der Waals surface area contributed by atoms with Crippen LogP contribution in [-0.4, -0.2) is 0 Å². The van der Waals surface area contributed by atoms with Crippen LogP contribution in [0.2, 0.25) is 0 Å². The van der Waals surface area contributed by atoms with E-state index in [4.69, 9.17) is 23.0 Å². The smallest absolute Gasteiger partial charge is 0.0542 e. The van der Waals surface area contributed by atoms with Gasteiger partial charge in [0.25, 0.3) is 0 Å². The minimum Gasteiger partial charge on any atom is -0.0840 e. The van der Waals surface area contributed by atoms with Crippen LogP contribution in [0.5, 0.6) is 0 Å². The van der Waals surface area contributed by atoms with Gasteiger partial charge in [0.1, 0.15) is 0 Å². The highest BCUT2D eigenvalue weighted by Gasteiger charge is 1.89. The van der Waals surface area contributed by atoms with Crippen LogP contribution >= 0.6 is 17.3 Å². The van der Waals surface area contributed by atoms with Crippen molar-refractivity contribution in [3.8, 4) is 0 Å². The number of hydrogen-bond acceptors (Lipinski definition) is 1. The Morgan fingerprint density at radius 2 is 1.78 bits per heavy atom. The highest BCUT2D eigenvalue weighted by Crippen LogP contribution is 2.24. The average molecular weight is 177 g/mol. The van der Waals surface area contributed by atoms with Gasteiger partial charge in [-0.1, -0.05) is 53.4 Å². The summed E-state index contributed by atoms with van der Waals surface area (Å²) in [6.45, 7) is 0. The van der Waals surface area contributed by atoms with Crippen LogP contribution in [0.4, 0.5) is 0 Å². The third-order valence-corrected chi connectivity index (χ3v) is 3.15. The monoisotopic (exact) mass is 176 g/mol. The molecule has 0 aromatic heterocycles. The second-order valence-corrected chi connectivity index (χ2v) is 5.80. The van der Waals surface area contributed by atoms with Crippen molar-refractivity contribution in [2.75, 3.05) is 0 Å². The summed E-state index contributed by atoms with van der Waals surface area (Å²) in [5.41, 5.74) is 0. The van der Waals surface area contributed by atoms with E-state index in [9.17, 15) is 0 Å². The third kappa shape index (κ3) is 2.09. The molecule has 0 heterocycles. The number of hydrogen-bond donors (Lipinski definition) is 0. The van der Waals surface area contributed by atoms with Crippen molar-refractivity contribution in [1.82, 2.24) is 0 Å². The van der Waals surface area contributed by atoms with E-state index in [1.807, 2.05) is 30.3 Å². The van der Waals surface area contributed by atoms with Gasteiger partial charge >= 0.3 is 0 Å². The van der Waals surface area contributed by atoms with E-state index in [0.29, 0.717) is 0 Å². The van der Waals surface area contributed by atoms with Crippen LogP contribution in [0.3, 0.4) is 0 Å². The molecule has 0 saturated heterocycles. The molecule has 48 valence electrons. The Morgan fingerprint density at radius 3 is 2.11 bits per heavy atom. The summed E-state index contributed by atoms with van der Waals surface area (Å²) in [7, 11) is 0. The van der Waals surface area contributed by atoms with Crippen molar-refractivity contribution < 1.29 is 0 Å². The minimum atomic E-state index is -1.16.